The molecule has 33 heavy (non-hydrogen) atoms. The summed E-state index contributed by atoms with van der Waals surface area (Å²) in [6.45, 7) is 6.55. The number of hydrogen-bond acceptors (Lipinski definition) is 6. The van der Waals surface area contributed by atoms with Crippen molar-refractivity contribution in [2.24, 2.45) is 0 Å². The molecule has 2 amide bonds. The van der Waals surface area contributed by atoms with Gasteiger partial charge in [-0.15, -0.1) is 0 Å². The summed E-state index contributed by atoms with van der Waals surface area (Å²) in [6, 6.07) is 9.85. The third-order valence-corrected chi connectivity index (χ3v) is 7.61. The van der Waals surface area contributed by atoms with E-state index in [4.69, 9.17) is 11.6 Å². The van der Waals surface area contributed by atoms with Crippen LogP contribution in [-0.2, 0) is 11.3 Å². The topological polar surface area (TPSA) is 83.8 Å². The summed E-state index contributed by atoms with van der Waals surface area (Å²) >= 11 is 7.44. The average molecular weight is 486 g/mol. The molecule has 2 aromatic rings. The van der Waals surface area contributed by atoms with Crippen molar-refractivity contribution < 1.29 is 14.5 Å². The molecule has 1 fully saturated rings. The molecule has 0 saturated carbocycles. The number of nitrogens with zero attached hydrogens (tertiary/aromatic N) is 3. The summed E-state index contributed by atoms with van der Waals surface area (Å²) in [7, 11) is 2.06. The number of amides is 2. The Labute approximate surface area is 201 Å². The smallest absolute Gasteiger partial charge is 0.293 e. The number of imide groups is 1. The lowest BCUT2D eigenvalue weighted by atomic mass is 9.80. The Morgan fingerprint density at radius 1 is 1.27 bits per heavy atom. The number of carbonyl (C=O) groups is 2. The number of carbonyl (C=O) groups excluding carboxylic acids is 2. The third-order valence-electron chi connectivity index (χ3n) is 6.37. The van der Waals surface area contributed by atoms with Crippen LogP contribution in [0.4, 0.5) is 16.2 Å². The van der Waals surface area contributed by atoms with Gasteiger partial charge in [0.05, 0.1) is 16.4 Å². The third kappa shape index (κ3) is 4.37. The molecule has 2 heterocycles. The Morgan fingerprint density at radius 2 is 2.00 bits per heavy atom. The first-order chi connectivity index (χ1) is 15.5. The number of nitro groups is 1. The molecule has 2 aromatic carbocycles. The molecule has 0 bridgehead atoms. The zero-order valence-electron chi connectivity index (χ0n) is 18.8. The fraction of sp³-hybridized carbons (Fsp3) is 0.333. The zero-order valence-corrected chi connectivity index (χ0v) is 20.4. The predicted molar refractivity (Wildman–Crippen MR) is 132 cm³/mol. The van der Waals surface area contributed by atoms with Gasteiger partial charge in [0.25, 0.3) is 16.8 Å². The van der Waals surface area contributed by atoms with Crippen LogP contribution in [0.15, 0.2) is 41.3 Å². The Balaban J connectivity index is 1.62. The van der Waals surface area contributed by atoms with E-state index in [1.165, 1.54) is 18.2 Å². The molecule has 0 aromatic heterocycles. The van der Waals surface area contributed by atoms with Crippen molar-refractivity contribution in [2.75, 3.05) is 11.9 Å². The minimum Gasteiger partial charge on any atom is -0.369 e. The van der Waals surface area contributed by atoms with Crippen LogP contribution in [0.1, 0.15) is 49.8 Å². The SMILES string of the molecule is C[C@H]1CC(C)(C)N(C)c2cc(Cl)c(/C=C3\SC(=O)N(Cc4cccc([N+](=O)[O-])c4)C3=O)cc21. The fourth-order valence-electron chi connectivity index (χ4n) is 4.44. The van der Waals surface area contributed by atoms with Crippen LogP contribution in [-0.4, -0.2) is 33.6 Å². The second-order valence-corrected chi connectivity index (χ2v) is 10.5. The first-order valence-electron chi connectivity index (χ1n) is 10.5. The number of nitro benzene ring substituents is 1. The number of benzene rings is 2. The van der Waals surface area contributed by atoms with Crippen molar-refractivity contribution in [2.45, 2.75) is 45.2 Å². The largest absolute Gasteiger partial charge is 0.369 e. The van der Waals surface area contributed by atoms with Crippen molar-refractivity contribution in [1.82, 2.24) is 4.90 Å². The van der Waals surface area contributed by atoms with Gasteiger partial charge < -0.3 is 4.90 Å². The van der Waals surface area contributed by atoms with Crippen LogP contribution < -0.4 is 4.90 Å². The molecule has 2 aliphatic rings. The van der Waals surface area contributed by atoms with E-state index in [1.54, 1.807) is 12.1 Å². The van der Waals surface area contributed by atoms with Gasteiger partial charge in [0.2, 0.25) is 0 Å². The monoisotopic (exact) mass is 485 g/mol. The highest BCUT2D eigenvalue weighted by molar-refractivity contribution is 8.18. The van der Waals surface area contributed by atoms with E-state index in [9.17, 15) is 19.7 Å². The Kier molecular flexibility index (Phi) is 6.01. The van der Waals surface area contributed by atoms with Gasteiger partial charge in [-0.05, 0) is 72.8 Å². The zero-order chi connectivity index (χ0) is 24.1. The summed E-state index contributed by atoms with van der Waals surface area (Å²) in [4.78, 5) is 39.6. The van der Waals surface area contributed by atoms with Crippen molar-refractivity contribution in [3.8, 4) is 0 Å². The molecule has 2 aliphatic heterocycles. The number of hydrogen-bond donors (Lipinski definition) is 0. The molecule has 0 N–H and O–H groups in total. The van der Waals surface area contributed by atoms with Crippen molar-refractivity contribution in [3.05, 3.63) is 73.1 Å². The van der Waals surface area contributed by atoms with Gasteiger partial charge in [0.1, 0.15) is 0 Å². The molecule has 172 valence electrons. The van der Waals surface area contributed by atoms with E-state index in [0.29, 0.717) is 22.1 Å². The highest BCUT2D eigenvalue weighted by atomic mass is 35.5. The molecule has 4 rings (SSSR count). The molecule has 0 radical (unpaired) electrons. The highest BCUT2D eigenvalue weighted by Gasteiger charge is 2.37. The molecule has 0 unspecified atom stereocenters. The standard InChI is InChI=1S/C24H24ClN3O4S/c1-14-12-24(2,3)26(4)20-11-19(25)16(9-18(14)20)10-21-22(29)27(23(30)33-21)13-15-6-5-7-17(8-15)28(31)32/h5-11,14H,12-13H2,1-4H3/b21-10-/t14-/m0/s1. The first kappa shape index (κ1) is 23.3. The Bertz CT molecular complexity index is 1210. The summed E-state index contributed by atoms with van der Waals surface area (Å²) in [6.07, 6.45) is 2.64. The van der Waals surface area contributed by atoms with E-state index in [2.05, 4.69) is 32.7 Å². The van der Waals surface area contributed by atoms with Gasteiger partial charge in [0, 0.05) is 35.4 Å². The number of non-ortho nitro benzene ring substituents is 1. The Morgan fingerprint density at radius 3 is 2.70 bits per heavy atom. The van der Waals surface area contributed by atoms with Crippen LogP contribution in [0, 0.1) is 10.1 Å². The second-order valence-electron chi connectivity index (χ2n) is 9.10. The number of fused-ring (bicyclic) bond motifs is 1. The second kappa shape index (κ2) is 8.50. The molecule has 1 atom stereocenters. The van der Waals surface area contributed by atoms with Gasteiger partial charge in [0.15, 0.2) is 0 Å². The van der Waals surface area contributed by atoms with E-state index in [0.717, 1.165) is 34.3 Å². The molecule has 7 nitrogen and oxygen atoms in total. The molecule has 0 spiro atoms. The molecular weight excluding hydrogens is 462 g/mol. The van der Waals surface area contributed by atoms with E-state index in [-0.39, 0.29) is 22.7 Å². The van der Waals surface area contributed by atoms with Crippen LogP contribution in [0.2, 0.25) is 5.02 Å². The lowest BCUT2D eigenvalue weighted by molar-refractivity contribution is -0.384. The van der Waals surface area contributed by atoms with Gasteiger partial charge in [-0.3, -0.25) is 24.6 Å². The number of rotatable bonds is 4. The van der Waals surface area contributed by atoms with Gasteiger partial charge >= 0.3 is 0 Å². The van der Waals surface area contributed by atoms with Crippen molar-refractivity contribution in [1.29, 1.82) is 0 Å². The summed E-state index contributed by atoms with van der Waals surface area (Å²) < 4.78 is 0. The maximum Gasteiger partial charge on any atom is 0.293 e. The predicted octanol–water partition coefficient (Wildman–Crippen LogP) is 6.21. The van der Waals surface area contributed by atoms with Gasteiger partial charge in [-0.1, -0.05) is 30.7 Å². The normalized spacial score (nSPS) is 21.0. The lowest BCUT2D eigenvalue weighted by Crippen LogP contribution is -2.45. The molecule has 9 heteroatoms. The van der Waals surface area contributed by atoms with Gasteiger partial charge in [-0.2, -0.15) is 0 Å². The molecule has 1 saturated heterocycles. The summed E-state index contributed by atoms with van der Waals surface area (Å²) in [5.74, 6) is -0.115. The van der Waals surface area contributed by atoms with Gasteiger partial charge in [-0.25, -0.2) is 0 Å². The average Bonchev–Trinajstić information content (AvgIpc) is 3.00. The number of thioether (sulfide) groups is 1. The lowest BCUT2D eigenvalue weighted by Gasteiger charge is -2.45. The maximum absolute atomic E-state index is 13.0. The first-order valence-corrected chi connectivity index (χ1v) is 11.7. The maximum atomic E-state index is 13.0. The van der Waals surface area contributed by atoms with E-state index >= 15 is 0 Å². The van der Waals surface area contributed by atoms with Crippen LogP contribution >= 0.6 is 23.4 Å². The molecule has 0 aliphatic carbocycles. The van der Waals surface area contributed by atoms with Crippen LogP contribution in [0.25, 0.3) is 6.08 Å². The molecular formula is C24H24ClN3O4S. The van der Waals surface area contributed by atoms with E-state index < -0.39 is 16.1 Å². The number of halogens is 1. The van der Waals surface area contributed by atoms with Crippen molar-refractivity contribution >= 4 is 52.0 Å². The minimum atomic E-state index is -0.505. The number of anilines is 1. The quantitative estimate of drug-likeness (QED) is 0.291. The fourth-order valence-corrected chi connectivity index (χ4v) is 5.49. The summed E-state index contributed by atoms with van der Waals surface area (Å²) in [5.41, 5.74) is 3.35. The van der Waals surface area contributed by atoms with E-state index in [1.807, 2.05) is 12.1 Å². The van der Waals surface area contributed by atoms with Crippen LogP contribution in [0.5, 0.6) is 0 Å². The summed E-state index contributed by atoms with van der Waals surface area (Å²) in [5, 5.41) is 11.1. The minimum absolute atomic E-state index is 0.00638. The highest BCUT2D eigenvalue weighted by Crippen LogP contribution is 2.45. The van der Waals surface area contributed by atoms with Crippen LogP contribution in [0.3, 0.4) is 0 Å². The Hall–Kier alpha value is -2.84. The van der Waals surface area contributed by atoms with Crippen molar-refractivity contribution in [3.63, 3.8) is 0 Å².